The molecule has 1 heterocycles. The minimum atomic E-state index is -3.34. The standard InChI is InChI=1S/C10H15N3O3S/c1-10(2,3)16-9(14)13-17(11,15)8-6-4-5-7-12-8/h4-7H,1-3H3,(H2,11,13,14,15). The fourth-order valence-electron chi connectivity index (χ4n) is 0.958. The van der Waals surface area contributed by atoms with Gasteiger partial charge in [-0.25, -0.2) is 19.1 Å². The summed E-state index contributed by atoms with van der Waals surface area (Å²) < 4.78 is 20.2. The van der Waals surface area contributed by atoms with Crippen LogP contribution in [0.25, 0.3) is 0 Å². The number of amides is 1. The molecule has 0 saturated carbocycles. The molecule has 0 radical (unpaired) electrons. The zero-order valence-corrected chi connectivity index (χ0v) is 10.7. The predicted octanol–water partition coefficient (Wildman–Crippen LogP) is 1.72. The van der Waals surface area contributed by atoms with E-state index in [0.717, 1.165) is 0 Å². The van der Waals surface area contributed by atoms with Gasteiger partial charge in [-0.05, 0) is 32.9 Å². The van der Waals surface area contributed by atoms with Gasteiger partial charge in [-0.1, -0.05) is 6.07 Å². The van der Waals surface area contributed by atoms with Crippen molar-refractivity contribution in [3.05, 3.63) is 24.4 Å². The summed E-state index contributed by atoms with van der Waals surface area (Å²) in [7, 11) is -3.34. The van der Waals surface area contributed by atoms with Crippen LogP contribution in [-0.2, 0) is 14.7 Å². The van der Waals surface area contributed by atoms with E-state index in [0.29, 0.717) is 0 Å². The van der Waals surface area contributed by atoms with Crippen molar-refractivity contribution < 1.29 is 13.7 Å². The summed E-state index contributed by atoms with van der Waals surface area (Å²) in [4.78, 5) is 15.2. The number of hydrogen-bond acceptors (Lipinski definition) is 4. The minimum Gasteiger partial charge on any atom is -0.442 e. The van der Waals surface area contributed by atoms with Crippen LogP contribution in [0.2, 0.25) is 0 Å². The summed E-state index contributed by atoms with van der Waals surface area (Å²) in [5.41, 5.74) is -0.708. The van der Waals surface area contributed by atoms with Crippen molar-refractivity contribution in [2.24, 2.45) is 9.50 Å². The molecule has 0 aliphatic heterocycles. The summed E-state index contributed by atoms with van der Waals surface area (Å²) in [5, 5.41) is 5.50. The molecule has 0 saturated heterocycles. The van der Waals surface area contributed by atoms with E-state index in [1.807, 2.05) is 0 Å². The van der Waals surface area contributed by atoms with E-state index in [4.69, 9.17) is 9.88 Å². The lowest BCUT2D eigenvalue weighted by Crippen LogP contribution is -2.24. The van der Waals surface area contributed by atoms with Gasteiger partial charge in [0.15, 0.2) is 14.9 Å². The molecule has 7 heteroatoms. The Morgan fingerprint density at radius 3 is 2.59 bits per heavy atom. The smallest absolute Gasteiger partial charge is 0.442 e. The molecular formula is C10H15N3O3S. The Hall–Kier alpha value is -1.47. The highest BCUT2D eigenvalue weighted by Crippen LogP contribution is 2.10. The van der Waals surface area contributed by atoms with Crippen LogP contribution in [0.1, 0.15) is 20.8 Å². The lowest BCUT2D eigenvalue weighted by atomic mass is 10.2. The monoisotopic (exact) mass is 257 g/mol. The first kappa shape index (κ1) is 13.6. The Balaban J connectivity index is 2.99. The van der Waals surface area contributed by atoms with Crippen LogP contribution in [0, 0.1) is 0 Å². The van der Waals surface area contributed by atoms with E-state index in [-0.39, 0.29) is 5.03 Å². The maximum atomic E-state index is 11.9. The van der Waals surface area contributed by atoms with E-state index in [9.17, 15) is 9.00 Å². The first-order valence-electron chi connectivity index (χ1n) is 4.90. The number of nitrogens with zero attached hydrogens (tertiary/aromatic N) is 2. The molecule has 0 spiro atoms. The van der Waals surface area contributed by atoms with E-state index in [1.165, 1.54) is 12.3 Å². The van der Waals surface area contributed by atoms with Gasteiger partial charge in [0.05, 0.1) is 0 Å². The molecule has 1 amide bonds. The second-order valence-corrected chi connectivity index (χ2v) is 6.05. The number of nitrogens with two attached hydrogens (primary N) is 1. The third-order valence-corrected chi connectivity index (χ3v) is 2.80. The quantitative estimate of drug-likeness (QED) is 0.828. The van der Waals surface area contributed by atoms with Crippen molar-refractivity contribution in [3.63, 3.8) is 0 Å². The fourth-order valence-corrected chi connectivity index (χ4v) is 1.80. The first-order valence-corrected chi connectivity index (χ1v) is 6.47. The molecule has 1 atom stereocenters. The van der Waals surface area contributed by atoms with Crippen molar-refractivity contribution >= 4 is 16.0 Å². The van der Waals surface area contributed by atoms with Gasteiger partial charge in [-0.3, -0.25) is 0 Å². The van der Waals surface area contributed by atoms with Crippen molar-refractivity contribution in [1.29, 1.82) is 0 Å². The van der Waals surface area contributed by atoms with Crippen LogP contribution in [0.15, 0.2) is 33.8 Å². The van der Waals surface area contributed by atoms with Crippen molar-refractivity contribution in [2.45, 2.75) is 31.4 Å². The summed E-state index contributed by atoms with van der Waals surface area (Å²) in [6, 6.07) is 4.70. The molecule has 17 heavy (non-hydrogen) atoms. The highest BCUT2D eigenvalue weighted by atomic mass is 32.2. The van der Waals surface area contributed by atoms with Gasteiger partial charge in [-0.15, -0.1) is 4.36 Å². The van der Waals surface area contributed by atoms with Crippen LogP contribution in [0.5, 0.6) is 0 Å². The molecule has 0 bridgehead atoms. The third kappa shape index (κ3) is 4.49. The van der Waals surface area contributed by atoms with Crippen LogP contribution >= 0.6 is 0 Å². The Morgan fingerprint density at radius 2 is 2.12 bits per heavy atom. The highest BCUT2D eigenvalue weighted by molar-refractivity contribution is 7.91. The molecule has 1 aromatic heterocycles. The number of carbonyl (C=O) groups excluding carboxylic acids is 1. The van der Waals surface area contributed by atoms with Crippen molar-refractivity contribution in [2.75, 3.05) is 0 Å². The second kappa shape index (κ2) is 4.80. The van der Waals surface area contributed by atoms with Gasteiger partial charge in [0, 0.05) is 6.20 Å². The molecular weight excluding hydrogens is 242 g/mol. The van der Waals surface area contributed by atoms with E-state index >= 15 is 0 Å². The number of rotatable bonds is 1. The Bertz CT molecular complexity index is 513. The molecule has 0 aliphatic carbocycles. The van der Waals surface area contributed by atoms with Gasteiger partial charge in [0.1, 0.15) is 5.60 Å². The van der Waals surface area contributed by atoms with Crippen LogP contribution < -0.4 is 5.14 Å². The first-order chi connectivity index (χ1) is 7.71. The summed E-state index contributed by atoms with van der Waals surface area (Å²) in [5.74, 6) is 0. The van der Waals surface area contributed by atoms with Gasteiger partial charge in [0.25, 0.3) is 0 Å². The van der Waals surface area contributed by atoms with Crippen molar-refractivity contribution in [1.82, 2.24) is 4.98 Å². The average Bonchev–Trinajstić information content (AvgIpc) is 2.15. The van der Waals surface area contributed by atoms with Crippen LogP contribution in [0.4, 0.5) is 4.79 Å². The SMILES string of the molecule is CC(C)(C)OC(=O)N=S(N)(=O)c1ccccn1. The normalized spacial score (nSPS) is 14.8. The van der Waals surface area contributed by atoms with E-state index < -0.39 is 21.6 Å². The zero-order valence-electron chi connectivity index (χ0n) is 9.91. The second-order valence-electron chi connectivity index (χ2n) is 4.31. The molecule has 1 unspecified atom stereocenters. The minimum absolute atomic E-state index is 0.0471. The molecule has 2 N–H and O–H groups in total. The Morgan fingerprint density at radius 1 is 1.47 bits per heavy atom. The largest absolute Gasteiger partial charge is 0.443 e. The van der Waals surface area contributed by atoms with Crippen LogP contribution in [-0.4, -0.2) is 20.9 Å². The molecule has 0 aliphatic rings. The molecule has 94 valence electrons. The molecule has 1 rings (SSSR count). The summed E-state index contributed by atoms with van der Waals surface area (Å²) >= 11 is 0. The van der Waals surface area contributed by atoms with Crippen LogP contribution in [0.3, 0.4) is 0 Å². The van der Waals surface area contributed by atoms with Gasteiger partial charge < -0.3 is 4.74 Å². The third-order valence-electron chi connectivity index (χ3n) is 1.54. The summed E-state index contributed by atoms with van der Waals surface area (Å²) in [6.07, 6.45) is 0.461. The van der Waals surface area contributed by atoms with Crippen molar-refractivity contribution in [3.8, 4) is 0 Å². The van der Waals surface area contributed by atoms with E-state index in [2.05, 4.69) is 9.35 Å². The maximum absolute atomic E-state index is 11.9. The predicted molar refractivity (Wildman–Crippen MR) is 63.5 cm³/mol. The highest BCUT2D eigenvalue weighted by Gasteiger charge is 2.18. The number of aromatic nitrogens is 1. The molecule has 6 nitrogen and oxygen atoms in total. The Kier molecular flexibility index (Phi) is 3.84. The topological polar surface area (TPSA) is 94.6 Å². The van der Waals surface area contributed by atoms with Gasteiger partial charge in [-0.2, -0.15) is 0 Å². The van der Waals surface area contributed by atoms with E-state index in [1.54, 1.807) is 32.9 Å². The molecule has 0 aromatic carbocycles. The Labute approximate surface area is 101 Å². The molecule has 0 fully saturated rings. The molecule has 1 aromatic rings. The zero-order chi connectivity index (χ0) is 13.1. The van der Waals surface area contributed by atoms with Gasteiger partial charge in [0.2, 0.25) is 0 Å². The maximum Gasteiger partial charge on any atom is 0.443 e. The lowest BCUT2D eigenvalue weighted by Gasteiger charge is -2.17. The lowest BCUT2D eigenvalue weighted by molar-refractivity contribution is 0.0607. The summed E-state index contributed by atoms with van der Waals surface area (Å²) in [6.45, 7) is 5.04. The average molecular weight is 257 g/mol. The number of carbonyl (C=O) groups is 1. The number of ether oxygens (including phenoxy) is 1. The number of pyridine rings is 1. The number of hydrogen-bond donors (Lipinski definition) is 1. The fraction of sp³-hybridized carbons (Fsp3) is 0.400. The van der Waals surface area contributed by atoms with Gasteiger partial charge >= 0.3 is 6.09 Å².